The van der Waals surface area contributed by atoms with Gasteiger partial charge in [-0.1, -0.05) is 44.0 Å². The van der Waals surface area contributed by atoms with Crippen LogP contribution in [0.5, 0.6) is 0 Å². The highest BCUT2D eigenvalue weighted by molar-refractivity contribution is 5.37. The second kappa shape index (κ2) is 5.65. The average molecular weight is 232 g/mol. The summed E-state index contributed by atoms with van der Waals surface area (Å²) >= 11 is 0. The van der Waals surface area contributed by atoms with E-state index in [1.54, 1.807) is 0 Å². The van der Waals surface area contributed by atoms with Gasteiger partial charge in [0.1, 0.15) is 0 Å². The lowest BCUT2D eigenvalue weighted by Crippen LogP contribution is -2.29. The van der Waals surface area contributed by atoms with E-state index in [2.05, 4.69) is 43.4 Å². The second-order valence-electron chi connectivity index (χ2n) is 5.23. The molecule has 0 aromatic heterocycles. The van der Waals surface area contributed by atoms with Gasteiger partial charge >= 0.3 is 0 Å². The Labute approximate surface area is 105 Å². The SMILES string of the molecule is CCCCC(C)NC1CC(N)c2ccccc21. The van der Waals surface area contributed by atoms with E-state index in [1.807, 2.05) is 0 Å². The second-order valence-corrected chi connectivity index (χ2v) is 5.23. The first kappa shape index (κ1) is 12.6. The molecule has 1 aliphatic carbocycles. The molecule has 3 atom stereocenters. The molecule has 1 aliphatic rings. The molecule has 0 saturated carbocycles. The van der Waals surface area contributed by atoms with Gasteiger partial charge in [-0.3, -0.25) is 0 Å². The van der Waals surface area contributed by atoms with E-state index in [0.29, 0.717) is 12.1 Å². The van der Waals surface area contributed by atoms with Crippen LogP contribution in [-0.2, 0) is 0 Å². The zero-order valence-corrected chi connectivity index (χ0v) is 10.9. The highest BCUT2D eigenvalue weighted by atomic mass is 15.0. The van der Waals surface area contributed by atoms with E-state index in [4.69, 9.17) is 5.73 Å². The van der Waals surface area contributed by atoms with Gasteiger partial charge in [-0.05, 0) is 30.9 Å². The molecule has 0 amide bonds. The molecule has 0 spiro atoms. The number of benzene rings is 1. The van der Waals surface area contributed by atoms with Gasteiger partial charge in [-0.2, -0.15) is 0 Å². The van der Waals surface area contributed by atoms with Gasteiger partial charge in [-0.25, -0.2) is 0 Å². The van der Waals surface area contributed by atoms with Crippen LogP contribution in [0.1, 0.15) is 62.7 Å². The smallest absolute Gasteiger partial charge is 0.0343 e. The van der Waals surface area contributed by atoms with Gasteiger partial charge in [0.05, 0.1) is 0 Å². The third kappa shape index (κ3) is 2.88. The van der Waals surface area contributed by atoms with Crippen molar-refractivity contribution in [2.24, 2.45) is 5.73 Å². The van der Waals surface area contributed by atoms with Gasteiger partial charge < -0.3 is 11.1 Å². The van der Waals surface area contributed by atoms with Gasteiger partial charge in [0, 0.05) is 18.1 Å². The Morgan fingerprint density at radius 2 is 2.06 bits per heavy atom. The summed E-state index contributed by atoms with van der Waals surface area (Å²) in [6.07, 6.45) is 4.86. The molecule has 3 unspecified atom stereocenters. The maximum absolute atomic E-state index is 6.17. The Morgan fingerprint density at radius 3 is 2.76 bits per heavy atom. The fourth-order valence-corrected chi connectivity index (χ4v) is 2.77. The minimum atomic E-state index is 0.210. The van der Waals surface area contributed by atoms with Crippen molar-refractivity contribution in [3.8, 4) is 0 Å². The van der Waals surface area contributed by atoms with E-state index >= 15 is 0 Å². The standard InChI is InChI=1S/C15H24N2/c1-3-4-7-11(2)17-15-10-14(16)12-8-5-6-9-13(12)15/h5-6,8-9,11,14-15,17H,3-4,7,10,16H2,1-2H3. The van der Waals surface area contributed by atoms with E-state index in [1.165, 1.54) is 30.4 Å². The molecule has 2 rings (SSSR count). The fraction of sp³-hybridized carbons (Fsp3) is 0.600. The van der Waals surface area contributed by atoms with Crippen molar-refractivity contribution in [3.05, 3.63) is 35.4 Å². The zero-order valence-electron chi connectivity index (χ0n) is 10.9. The van der Waals surface area contributed by atoms with Gasteiger partial charge in [0.15, 0.2) is 0 Å². The maximum Gasteiger partial charge on any atom is 0.0343 e. The molecule has 0 aliphatic heterocycles. The predicted molar refractivity (Wildman–Crippen MR) is 72.9 cm³/mol. The normalized spacial score (nSPS) is 24.6. The van der Waals surface area contributed by atoms with E-state index in [0.717, 1.165) is 6.42 Å². The third-order valence-corrected chi connectivity index (χ3v) is 3.74. The largest absolute Gasteiger partial charge is 0.324 e. The lowest BCUT2D eigenvalue weighted by Gasteiger charge is -2.20. The summed E-state index contributed by atoms with van der Waals surface area (Å²) in [7, 11) is 0. The van der Waals surface area contributed by atoms with E-state index in [9.17, 15) is 0 Å². The molecule has 0 bridgehead atoms. The van der Waals surface area contributed by atoms with Crippen molar-refractivity contribution in [3.63, 3.8) is 0 Å². The highest BCUT2D eigenvalue weighted by Gasteiger charge is 2.28. The van der Waals surface area contributed by atoms with Crippen LogP contribution >= 0.6 is 0 Å². The zero-order chi connectivity index (χ0) is 12.3. The van der Waals surface area contributed by atoms with Crippen LogP contribution in [0.3, 0.4) is 0 Å². The molecule has 0 fully saturated rings. The van der Waals surface area contributed by atoms with Crippen LogP contribution < -0.4 is 11.1 Å². The molecule has 2 heteroatoms. The molecule has 94 valence electrons. The van der Waals surface area contributed by atoms with Crippen molar-refractivity contribution in [1.29, 1.82) is 0 Å². The number of nitrogens with two attached hydrogens (primary N) is 1. The number of fused-ring (bicyclic) bond motifs is 1. The van der Waals surface area contributed by atoms with Gasteiger partial charge in [-0.15, -0.1) is 0 Å². The van der Waals surface area contributed by atoms with Crippen LogP contribution in [0.15, 0.2) is 24.3 Å². The van der Waals surface area contributed by atoms with Crippen molar-refractivity contribution >= 4 is 0 Å². The highest BCUT2D eigenvalue weighted by Crippen LogP contribution is 2.37. The van der Waals surface area contributed by atoms with Crippen molar-refractivity contribution in [2.45, 2.75) is 57.7 Å². The van der Waals surface area contributed by atoms with Crippen molar-refractivity contribution < 1.29 is 0 Å². The number of unbranched alkanes of at least 4 members (excludes halogenated alkanes) is 1. The van der Waals surface area contributed by atoms with Crippen LogP contribution in [0.25, 0.3) is 0 Å². The lowest BCUT2D eigenvalue weighted by molar-refractivity contribution is 0.412. The van der Waals surface area contributed by atoms with E-state index in [-0.39, 0.29) is 6.04 Å². The quantitative estimate of drug-likeness (QED) is 0.817. The summed E-state index contributed by atoms with van der Waals surface area (Å²) in [4.78, 5) is 0. The Hall–Kier alpha value is -0.860. The molecule has 1 aromatic rings. The molecule has 2 nitrogen and oxygen atoms in total. The number of nitrogens with one attached hydrogen (secondary N) is 1. The Kier molecular flexibility index (Phi) is 4.19. The van der Waals surface area contributed by atoms with E-state index < -0.39 is 0 Å². The van der Waals surface area contributed by atoms with Crippen LogP contribution in [0, 0.1) is 0 Å². The summed E-state index contributed by atoms with van der Waals surface area (Å²) in [6, 6.07) is 9.82. The summed E-state index contributed by atoms with van der Waals surface area (Å²) in [5, 5.41) is 3.72. The Bertz CT molecular complexity index is 362. The van der Waals surface area contributed by atoms with Crippen molar-refractivity contribution in [2.75, 3.05) is 0 Å². The summed E-state index contributed by atoms with van der Waals surface area (Å²) in [6.45, 7) is 4.52. The first-order valence-corrected chi connectivity index (χ1v) is 6.82. The minimum absolute atomic E-state index is 0.210. The fourth-order valence-electron chi connectivity index (χ4n) is 2.77. The molecule has 0 saturated heterocycles. The molecule has 3 N–H and O–H groups in total. The third-order valence-electron chi connectivity index (χ3n) is 3.74. The first-order valence-electron chi connectivity index (χ1n) is 6.82. The molecule has 0 heterocycles. The number of hydrogen-bond acceptors (Lipinski definition) is 2. The molecule has 17 heavy (non-hydrogen) atoms. The van der Waals surface area contributed by atoms with Gasteiger partial charge in [0.2, 0.25) is 0 Å². The molecule has 1 aromatic carbocycles. The lowest BCUT2D eigenvalue weighted by atomic mass is 10.1. The minimum Gasteiger partial charge on any atom is -0.324 e. The summed E-state index contributed by atoms with van der Waals surface area (Å²) < 4.78 is 0. The average Bonchev–Trinajstić information content (AvgIpc) is 2.65. The first-order chi connectivity index (χ1) is 8.22. The topological polar surface area (TPSA) is 38.0 Å². The Balaban J connectivity index is 2.00. The number of rotatable bonds is 5. The molecule has 0 radical (unpaired) electrons. The van der Waals surface area contributed by atoms with Gasteiger partial charge in [0.25, 0.3) is 0 Å². The predicted octanol–water partition coefficient (Wildman–Crippen LogP) is 3.30. The molecular formula is C15H24N2. The summed E-state index contributed by atoms with van der Waals surface area (Å²) in [5.41, 5.74) is 8.91. The van der Waals surface area contributed by atoms with Crippen molar-refractivity contribution in [1.82, 2.24) is 5.32 Å². The summed E-state index contributed by atoms with van der Waals surface area (Å²) in [5.74, 6) is 0. The van der Waals surface area contributed by atoms with Crippen LogP contribution in [-0.4, -0.2) is 6.04 Å². The maximum atomic E-state index is 6.17. The van der Waals surface area contributed by atoms with Crippen LogP contribution in [0.4, 0.5) is 0 Å². The Morgan fingerprint density at radius 1 is 1.35 bits per heavy atom. The molecular weight excluding hydrogens is 208 g/mol. The van der Waals surface area contributed by atoms with Crippen LogP contribution in [0.2, 0.25) is 0 Å². The number of hydrogen-bond donors (Lipinski definition) is 2. The monoisotopic (exact) mass is 232 g/mol.